The summed E-state index contributed by atoms with van der Waals surface area (Å²) in [5, 5.41) is 0. The third-order valence-electron chi connectivity index (χ3n) is 2.73. The number of carbonyl (C=O) groups excluding carboxylic acids is 1. The van der Waals surface area contributed by atoms with E-state index >= 15 is 0 Å². The number of amides is 1. The summed E-state index contributed by atoms with van der Waals surface area (Å²) in [4.78, 5) is 17.8. The van der Waals surface area contributed by atoms with Gasteiger partial charge in [0.1, 0.15) is 11.5 Å². The van der Waals surface area contributed by atoms with Crippen molar-refractivity contribution in [3.05, 3.63) is 47.5 Å². The van der Waals surface area contributed by atoms with E-state index in [4.69, 9.17) is 9.15 Å². The van der Waals surface area contributed by atoms with E-state index in [0.29, 0.717) is 18.0 Å². The number of pyridine rings is 1. The van der Waals surface area contributed by atoms with Crippen LogP contribution in [0.15, 0.2) is 34.9 Å². The first-order valence-corrected chi connectivity index (χ1v) is 5.91. The lowest BCUT2D eigenvalue weighted by Crippen LogP contribution is -2.26. The largest absolute Gasteiger partial charge is 0.481 e. The predicted molar refractivity (Wildman–Crippen MR) is 70.0 cm³/mol. The van der Waals surface area contributed by atoms with Crippen LogP contribution in [-0.2, 0) is 6.54 Å². The Kier molecular flexibility index (Phi) is 3.85. The highest BCUT2D eigenvalue weighted by Crippen LogP contribution is 2.12. The smallest absolute Gasteiger partial charge is 0.255 e. The number of hydrogen-bond acceptors (Lipinski definition) is 4. The standard InChI is InChI=1S/C14H16N2O3/c1-10-4-6-12(19-10)9-16(2)14(17)11-5-7-13(18-3)15-8-11/h4-8H,9H2,1-3H3. The highest BCUT2D eigenvalue weighted by atomic mass is 16.5. The lowest BCUT2D eigenvalue weighted by atomic mass is 10.2. The molecule has 2 aromatic rings. The number of rotatable bonds is 4. The van der Waals surface area contributed by atoms with Gasteiger partial charge in [-0.25, -0.2) is 4.98 Å². The number of furan rings is 1. The Morgan fingerprint density at radius 1 is 1.37 bits per heavy atom. The molecule has 19 heavy (non-hydrogen) atoms. The Morgan fingerprint density at radius 3 is 2.68 bits per heavy atom. The van der Waals surface area contributed by atoms with Crippen LogP contribution in [0.1, 0.15) is 21.9 Å². The quantitative estimate of drug-likeness (QED) is 0.846. The van der Waals surface area contributed by atoms with Crippen molar-refractivity contribution in [1.29, 1.82) is 0 Å². The number of methoxy groups -OCH3 is 1. The second-order valence-corrected chi connectivity index (χ2v) is 4.26. The van der Waals surface area contributed by atoms with E-state index in [1.807, 2.05) is 19.1 Å². The monoisotopic (exact) mass is 260 g/mol. The van der Waals surface area contributed by atoms with Crippen molar-refractivity contribution in [1.82, 2.24) is 9.88 Å². The summed E-state index contributed by atoms with van der Waals surface area (Å²) in [5.41, 5.74) is 0.520. The molecule has 0 bridgehead atoms. The highest BCUT2D eigenvalue weighted by Gasteiger charge is 2.14. The minimum absolute atomic E-state index is 0.107. The minimum atomic E-state index is -0.107. The number of hydrogen-bond donors (Lipinski definition) is 0. The van der Waals surface area contributed by atoms with Gasteiger partial charge in [-0.05, 0) is 25.1 Å². The molecule has 0 unspecified atom stereocenters. The molecule has 0 aliphatic carbocycles. The first-order valence-electron chi connectivity index (χ1n) is 5.91. The molecule has 2 heterocycles. The molecule has 5 heteroatoms. The maximum absolute atomic E-state index is 12.2. The zero-order valence-corrected chi connectivity index (χ0v) is 11.2. The number of aromatic nitrogens is 1. The number of aryl methyl sites for hydroxylation is 1. The lowest BCUT2D eigenvalue weighted by Gasteiger charge is -2.15. The SMILES string of the molecule is COc1ccc(C(=O)N(C)Cc2ccc(C)o2)cn1. The van der Waals surface area contributed by atoms with Crippen LogP contribution in [0.25, 0.3) is 0 Å². The molecule has 2 rings (SSSR count). The van der Waals surface area contributed by atoms with E-state index < -0.39 is 0 Å². The Labute approximate surface area is 111 Å². The van der Waals surface area contributed by atoms with E-state index in [-0.39, 0.29) is 5.91 Å². The van der Waals surface area contributed by atoms with Crippen LogP contribution in [0.5, 0.6) is 5.88 Å². The molecule has 0 saturated carbocycles. The van der Waals surface area contributed by atoms with Gasteiger partial charge in [-0.2, -0.15) is 0 Å². The fourth-order valence-electron chi connectivity index (χ4n) is 1.72. The molecule has 0 N–H and O–H groups in total. The Balaban J connectivity index is 2.05. The normalized spacial score (nSPS) is 10.3. The predicted octanol–water partition coefficient (Wildman–Crippen LogP) is 2.26. The van der Waals surface area contributed by atoms with Gasteiger partial charge in [0.2, 0.25) is 5.88 Å². The first-order chi connectivity index (χ1) is 9.10. The molecule has 0 radical (unpaired) electrons. The Hall–Kier alpha value is -2.30. The summed E-state index contributed by atoms with van der Waals surface area (Å²) in [6, 6.07) is 7.10. The maximum Gasteiger partial charge on any atom is 0.255 e. The van der Waals surface area contributed by atoms with Crippen LogP contribution in [0.4, 0.5) is 0 Å². The summed E-state index contributed by atoms with van der Waals surface area (Å²) in [5.74, 6) is 1.97. The molecule has 1 amide bonds. The van der Waals surface area contributed by atoms with Crippen molar-refractivity contribution >= 4 is 5.91 Å². The van der Waals surface area contributed by atoms with Gasteiger partial charge in [0.05, 0.1) is 19.2 Å². The number of carbonyl (C=O) groups is 1. The molecule has 0 spiro atoms. The molecule has 0 aromatic carbocycles. The number of nitrogens with zero attached hydrogens (tertiary/aromatic N) is 2. The van der Waals surface area contributed by atoms with E-state index in [2.05, 4.69) is 4.98 Å². The molecule has 0 aliphatic rings. The summed E-state index contributed by atoms with van der Waals surface area (Å²) >= 11 is 0. The van der Waals surface area contributed by atoms with Gasteiger partial charge in [-0.3, -0.25) is 4.79 Å². The van der Waals surface area contributed by atoms with Gasteiger partial charge in [0.15, 0.2) is 0 Å². The molecule has 5 nitrogen and oxygen atoms in total. The third-order valence-corrected chi connectivity index (χ3v) is 2.73. The third kappa shape index (κ3) is 3.13. The van der Waals surface area contributed by atoms with Crippen LogP contribution in [0.3, 0.4) is 0 Å². The lowest BCUT2D eigenvalue weighted by molar-refractivity contribution is 0.0774. The summed E-state index contributed by atoms with van der Waals surface area (Å²) in [7, 11) is 3.26. The molecular weight excluding hydrogens is 244 g/mol. The van der Waals surface area contributed by atoms with Crippen molar-refractivity contribution < 1.29 is 13.9 Å². The second kappa shape index (κ2) is 5.56. The second-order valence-electron chi connectivity index (χ2n) is 4.26. The molecular formula is C14H16N2O3. The minimum Gasteiger partial charge on any atom is -0.481 e. The Bertz CT molecular complexity index is 560. The highest BCUT2D eigenvalue weighted by molar-refractivity contribution is 5.93. The first kappa shape index (κ1) is 13.1. The van der Waals surface area contributed by atoms with Crippen molar-refractivity contribution in [2.24, 2.45) is 0 Å². The molecule has 0 fully saturated rings. The van der Waals surface area contributed by atoms with E-state index in [0.717, 1.165) is 11.5 Å². The van der Waals surface area contributed by atoms with Gasteiger partial charge in [0, 0.05) is 19.3 Å². The Morgan fingerprint density at radius 2 is 2.16 bits per heavy atom. The molecule has 0 saturated heterocycles. The fourth-order valence-corrected chi connectivity index (χ4v) is 1.72. The van der Waals surface area contributed by atoms with E-state index in [1.54, 1.807) is 24.1 Å². The van der Waals surface area contributed by atoms with Crippen molar-refractivity contribution in [3.63, 3.8) is 0 Å². The van der Waals surface area contributed by atoms with Crippen molar-refractivity contribution in [2.45, 2.75) is 13.5 Å². The van der Waals surface area contributed by atoms with Gasteiger partial charge in [0.25, 0.3) is 5.91 Å². The molecule has 100 valence electrons. The van der Waals surface area contributed by atoms with Crippen molar-refractivity contribution in [2.75, 3.05) is 14.2 Å². The van der Waals surface area contributed by atoms with Gasteiger partial charge >= 0.3 is 0 Å². The van der Waals surface area contributed by atoms with E-state index in [9.17, 15) is 4.79 Å². The zero-order chi connectivity index (χ0) is 13.8. The van der Waals surface area contributed by atoms with E-state index in [1.165, 1.54) is 13.3 Å². The average Bonchev–Trinajstić information content (AvgIpc) is 2.83. The van der Waals surface area contributed by atoms with Gasteiger partial charge < -0.3 is 14.1 Å². The zero-order valence-electron chi connectivity index (χ0n) is 11.2. The topological polar surface area (TPSA) is 55.6 Å². The van der Waals surface area contributed by atoms with Gasteiger partial charge in [-0.15, -0.1) is 0 Å². The van der Waals surface area contributed by atoms with Crippen molar-refractivity contribution in [3.8, 4) is 5.88 Å². The van der Waals surface area contributed by atoms with Crippen LogP contribution >= 0.6 is 0 Å². The summed E-state index contributed by atoms with van der Waals surface area (Å²) < 4.78 is 10.4. The molecule has 0 aliphatic heterocycles. The van der Waals surface area contributed by atoms with Crippen LogP contribution in [0, 0.1) is 6.92 Å². The van der Waals surface area contributed by atoms with Crippen LogP contribution < -0.4 is 4.74 Å². The summed E-state index contributed by atoms with van der Waals surface area (Å²) in [6.45, 7) is 2.30. The van der Waals surface area contributed by atoms with Crippen LogP contribution in [0.2, 0.25) is 0 Å². The van der Waals surface area contributed by atoms with Crippen LogP contribution in [-0.4, -0.2) is 29.9 Å². The molecule has 0 atom stereocenters. The summed E-state index contributed by atoms with van der Waals surface area (Å²) in [6.07, 6.45) is 1.51. The van der Waals surface area contributed by atoms with Gasteiger partial charge in [-0.1, -0.05) is 0 Å². The number of ether oxygens (including phenoxy) is 1. The fraction of sp³-hybridized carbons (Fsp3) is 0.286. The molecule has 2 aromatic heterocycles. The maximum atomic E-state index is 12.2. The average molecular weight is 260 g/mol.